The van der Waals surface area contributed by atoms with Gasteiger partial charge in [-0.15, -0.1) is 0 Å². The molecular formula is C20H30O2. The minimum atomic E-state index is -0.326. The van der Waals surface area contributed by atoms with E-state index < -0.39 is 0 Å². The van der Waals surface area contributed by atoms with Gasteiger partial charge >= 0.3 is 0 Å². The van der Waals surface area contributed by atoms with Gasteiger partial charge in [0, 0.05) is 17.3 Å². The molecule has 0 aromatic carbocycles. The summed E-state index contributed by atoms with van der Waals surface area (Å²) in [5.41, 5.74) is 1.21. The summed E-state index contributed by atoms with van der Waals surface area (Å²) < 4.78 is 0. The summed E-state index contributed by atoms with van der Waals surface area (Å²) in [5, 5.41) is 10.9. The molecule has 3 aliphatic rings. The fourth-order valence-corrected chi connectivity index (χ4v) is 5.87. The van der Waals surface area contributed by atoms with Crippen molar-refractivity contribution in [2.24, 2.45) is 22.2 Å². The van der Waals surface area contributed by atoms with E-state index in [1.165, 1.54) is 5.57 Å². The summed E-state index contributed by atoms with van der Waals surface area (Å²) in [6.45, 7) is 8.98. The van der Waals surface area contributed by atoms with Crippen LogP contribution in [0.5, 0.6) is 0 Å². The van der Waals surface area contributed by atoms with Crippen molar-refractivity contribution in [2.75, 3.05) is 0 Å². The molecule has 22 heavy (non-hydrogen) atoms. The first-order valence-electron chi connectivity index (χ1n) is 8.84. The number of allylic oxidation sites excluding steroid dienone is 3. The Balaban J connectivity index is 2.17. The largest absolute Gasteiger partial charge is 0.392 e. The number of hydrogen-bond acceptors (Lipinski definition) is 2. The van der Waals surface area contributed by atoms with Crippen molar-refractivity contribution in [2.45, 2.75) is 72.3 Å². The highest BCUT2D eigenvalue weighted by Crippen LogP contribution is 2.66. The summed E-state index contributed by atoms with van der Waals surface area (Å²) in [5.74, 6) is 0.701. The number of hydrogen-bond donors (Lipinski definition) is 1. The lowest BCUT2D eigenvalue weighted by Gasteiger charge is -2.62. The molecule has 122 valence electrons. The van der Waals surface area contributed by atoms with Crippen molar-refractivity contribution < 1.29 is 9.90 Å². The number of carbonyl (C=O) groups is 1. The predicted octanol–water partition coefficient (Wildman–Crippen LogP) is 4.44. The van der Waals surface area contributed by atoms with Gasteiger partial charge in [-0.25, -0.2) is 0 Å². The molecule has 3 rings (SSSR count). The first-order chi connectivity index (χ1) is 10.3. The summed E-state index contributed by atoms with van der Waals surface area (Å²) in [4.78, 5) is 12.2. The zero-order chi connectivity index (χ0) is 16.2. The minimum absolute atomic E-state index is 0.00229. The number of aliphatic hydroxyl groups is 1. The van der Waals surface area contributed by atoms with Crippen LogP contribution in [0, 0.1) is 22.2 Å². The van der Waals surface area contributed by atoms with Crippen LogP contribution in [-0.4, -0.2) is 17.0 Å². The third-order valence-corrected chi connectivity index (χ3v) is 7.03. The van der Waals surface area contributed by atoms with Gasteiger partial charge in [-0.1, -0.05) is 32.9 Å². The highest BCUT2D eigenvalue weighted by Gasteiger charge is 2.60. The van der Waals surface area contributed by atoms with Crippen molar-refractivity contribution in [3.05, 3.63) is 23.8 Å². The maximum Gasteiger partial charge on any atom is 0.155 e. The molecule has 0 bridgehead atoms. The molecule has 0 aromatic rings. The Hall–Kier alpha value is -0.890. The number of rotatable bonds is 1. The topological polar surface area (TPSA) is 37.3 Å². The van der Waals surface area contributed by atoms with Gasteiger partial charge in [-0.2, -0.15) is 0 Å². The SMILES string of the molecule is C/C=C/[C@@]12CCC(=O)C=C1[C@@]1(C)[C@H](O)CCC(C)(C)[C@@H]1CC2. The predicted molar refractivity (Wildman–Crippen MR) is 89.4 cm³/mol. The van der Waals surface area contributed by atoms with Crippen molar-refractivity contribution in [3.63, 3.8) is 0 Å². The van der Waals surface area contributed by atoms with E-state index in [0.717, 1.165) is 32.1 Å². The molecule has 0 heterocycles. The maximum absolute atomic E-state index is 12.2. The van der Waals surface area contributed by atoms with Crippen LogP contribution in [-0.2, 0) is 4.79 Å². The number of aliphatic hydroxyl groups excluding tert-OH is 1. The maximum atomic E-state index is 12.2. The van der Waals surface area contributed by atoms with E-state index in [1.54, 1.807) is 0 Å². The first-order valence-corrected chi connectivity index (χ1v) is 8.84. The Morgan fingerprint density at radius 3 is 2.59 bits per heavy atom. The van der Waals surface area contributed by atoms with E-state index in [4.69, 9.17) is 0 Å². The van der Waals surface area contributed by atoms with Crippen LogP contribution >= 0.6 is 0 Å². The first kappa shape index (κ1) is 16.0. The van der Waals surface area contributed by atoms with Gasteiger partial charge in [-0.05, 0) is 62.0 Å². The second-order valence-corrected chi connectivity index (χ2v) is 8.60. The smallest absolute Gasteiger partial charge is 0.155 e. The van der Waals surface area contributed by atoms with Crippen molar-refractivity contribution >= 4 is 5.78 Å². The van der Waals surface area contributed by atoms with Gasteiger partial charge in [-0.3, -0.25) is 4.79 Å². The molecule has 2 fully saturated rings. The Kier molecular flexibility index (Phi) is 3.67. The van der Waals surface area contributed by atoms with Gasteiger partial charge in [0.15, 0.2) is 5.78 Å². The quantitative estimate of drug-likeness (QED) is 0.727. The Morgan fingerprint density at radius 1 is 1.18 bits per heavy atom. The van der Waals surface area contributed by atoms with Crippen LogP contribution in [0.3, 0.4) is 0 Å². The van der Waals surface area contributed by atoms with Gasteiger partial charge in [0.1, 0.15) is 0 Å². The number of fused-ring (bicyclic) bond motifs is 3. The van der Waals surface area contributed by atoms with Gasteiger partial charge in [0.25, 0.3) is 0 Å². The van der Waals surface area contributed by atoms with Crippen LogP contribution in [0.25, 0.3) is 0 Å². The van der Waals surface area contributed by atoms with Crippen molar-refractivity contribution in [1.29, 1.82) is 0 Å². The summed E-state index contributed by atoms with van der Waals surface area (Å²) >= 11 is 0. The zero-order valence-corrected chi connectivity index (χ0v) is 14.5. The lowest BCUT2D eigenvalue weighted by atomic mass is 9.43. The highest BCUT2D eigenvalue weighted by atomic mass is 16.3. The van der Waals surface area contributed by atoms with E-state index in [2.05, 4.69) is 39.8 Å². The molecule has 0 aromatic heterocycles. The second kappa shape index (κ2) is 5.06. The number of carbonyl (C=O) groups excluding carboxylic acids is 1. The lowest BCUT2D eigenvalue weighted by molar-refractivity contribution is -0.121. The fourth-order valence-electron chi connectivity index (χ4n) is 5.87. The minimum Gasteiger partial charge on any atom is -0.392 e. The van der Waals surface area contributed by atoms with E-state index >= 15 is 0 Å². The standard InChI is InChI=1S/C20H30O2/c1-5-9-20-11-6-14(21)13-16(20)19(4)15(7-12-20)18(2,3)10-8-17(19)22/h5,9,13,15,17,22H,6-8,10-12H2,1-4H3/b9-5+/t15-,17+,19-,20-/m0/s1. The van der Waals surface area contributed by atoms with Gasteiger partial charge in [0.2, 0.25) is 0 Å². The van der Waals surface area contributed by atoms with Crippen LogP contribution in [0.4, 0.5) is 0 Å². The molecule has 0 radical (unpaired) electrons. The summed E-state index contributed by atoms with van der Waals surface area (Å²) in [7, 11) is 0. The summed E-state index contributed by atoms with van der Waals surface area (Å²) in [6.07, 6.45) is 11.8. The molecule has 0 aliphatic heterocycles. The molecule has 0 unspecified atom stereocenters. The third kappa shape index (κ3) is 2.06. The molecule has 2 saturated carbocycles. The number of ketones is 1. The molecule has 0 saturated heterocycles. The molecule has 4 atom stereocenters. The second-order valence-electron chi connectivity index (χ2n) is 8.60. The Bertz CT molecular complexity index is 542. The summed E-state index contributed by atoms with van der Waals surface area (Å²) in [6, 6.07) is 0. The molecule has 2 heteroatoms. The fraction of sp³-hybridized carbons (Fsp3) is 0.750. The Morgan fingerprint density at radius 2 is 1.91 bits per heavy atom. The van der Waals surface area contributed by atoms with E-state index in [0.29, 0.717) is 12.3 Å². The van der Waals surface area contributed by atoms with Crippen molar-refractivity contribution in [3.8, 4) is 0 Å². The zero-order valence-electron chi connectivity index (χ0n) is 14.5. The molecule has 2 nitrogen and oxygen atoms in total. The van der Waals surface area contributed by atoms with Crippen LogP contribution in [0.2, 0.25) is 0 Å². The lowest BCUT2D eigenvalue weighted by Crippen LogP contribution is -2.57. The molecule has 0 amide bonds. The Labute approximate surface area is 134 Å². The van der Waals surface area contributed by atoms with Crippen LogP contribution < -0.4 is 0 Å². The monoisotopic (exact) mass is 302 g/mol. The third-order valence-electron chi connectivity index (χ3n) is 7.03. The van der Waals surface area contributed by atoms with Crippen LogP contribution in [0.1, 0.15) is 66.2 Å². The average molecular weight is 302 g/mol. The highest BCUT2D eigenvalue weighted by molar-refractivity contribution is 5.92. The molecule has 1 N–H and O–H groups in total. The van der Waals surface area contributed by atoms with Crippen LogP contribution in [0.15, 0.2) is 23.8 Å². The van der Waals surface area contributed by atoms with Gasteiger partial charge in [0.05, 0.1) is 6.10 Å². The van der Waals surface area contributed by atoms with Gasteiger partial charge < -0.3 is 5.11 Å². The molecular weight excluding hydrogens is 272 g/mol. The molecule has 0 spiro atoms. The average Bonchev–Trinajstić information content (AvgIpc) is 2.45. The molecule has 3 aliphatic carbocycles. The van der Waals surface area contributed by atoms with E-state index in [-0.39, 0.29) is 28.1 Å². The van der Waals surface area contributed by atoms with E-state index in [9.17, 15) is 9.90 Å². The van der Waals surface area contributed by atoms with Crippen molar-refractivity contribution in [1.82, 2.24) is 0 Å². The van der Waals surface area contributed by atoms with E-state index in [1.807, 2.05) is 6.08 Å². The normalized spacial score (nSPS) is 44.4.